The van der Waals surface area contributed by atoms with Gasteiger partial charge in [0, 0.05) is 23.2 Å². The van der Waals surface area contributed by atoms with Gasteiger partial charge in [0.15, 0.2) is 0 Å². The zero-order valence-corrected chi connectivity index (χ0v) is 12.1. The van der Waals surface area contributed by atoms with Crippen molar-refractivity contribution in [1.82, 2.24) is 5.32 Å². The fraction of sp³-hybridized carbons (Fsp3) is 0.250. The van der Waals surface area contributed by atoms with E-state index in [1.165, 1.54) is 12.1 Å². The van der Waals surface area contributed by atoms with Gasteiger partial charge in [0.05, 0.1) is 0 Å². The average molecular weight is 296 g/mol. The monoisotopic (exact) mass is 295 g/mol. The lowest BCUT2D eigenvalue weighted by Gasteiger charge is -2.16. The molecule has 0 amide bonds. The first kappa shape index (κ1) is 14.9. The van der Waals surface area contributed by atoms with E-state index in [2.05, 4.69) is 5.32 Å². The maximum atomic E-state index is 13.8. The Morgan fingerprint density at radius 2 is 1.90 bits per heavy atom. The van der Waals surface area contributed by atoms with Crippen LogP contribution < -0.4 is 5.32 Å². The lowest BCUT2D eigenvalue weighted by Crippen LogP contribution is -2.19. The van der Waals surface area contributed by atoms with Gasteiger partial charge in [0.25, 0.3) is 0 Å². The molecule has 2 rings (SSSR count). The molecule has 0 heterocycles. The van der Waals surface area contributed by atoms with Crippen LogP contribution in [-0.4, -0.2) is 0 Å². The van der Waals surface area contributed by atoms with Gasteiger partial charge in [-0.15, -0.1) is 0 Å². The first-order chi connectivity index (χ1) is 9.47. The molecule has 2 aromatic rings. The average Bonchev–Trinajstić information content (AvgIpc) is 2.40. The lowest BCUT2D eigenvalue weighted by molar-refractivity contribution is 0.516. The van der Waals surface area contributed by atoms with Crippen LogP contribution in [-0.2, 0) is 6.54 Å². The summed E-state index contributed by atoms with van der Waals surface area (Å²) in [5, 5.41) is 3.82. The van der Waals surface area contributed by atoms with Crippen LogP contribution in [0.15, 0.2) is 36.4 Å². The number of aryl methyl sites for hydroxylation is 1. The van der Waals surface area contributed by atoms with E-state index in [-0.39, 0.29) is 6.04 Å². The van der Waals surface area contributed by atoms with Gasteiger partial charge in [-0.25, -0.2) is 8.78 Å². The number of halogens is 3. The van der Waals surface area contributed by atoms with Gasteiger partial charge >= 0.3 is 0 Å². The minimum Gasteiger partial charge on any atom is -0.306 e. The van der Waals surface area contributed by atoms with E-state index in [0.717, 1.165) is 5.56 Å². The van der Waals surface area contributed by atoms with Crippen LogP contribution in [0.3, 0.4) is 0 Å². The van der Waals surface area contributed by atoms with Crippen LogP contribution in [0.5, 0.6) is 0 Å². The minimum atomic E-state index is -0.394. The molecule has 1 atom stereocenters. The molecule has 1 unspecified atom stereocenters. The van der Waals surface area contributed by atoms with Crippen molar-refractivity contribution in [3.8, 4) is 0 Å². The fourth-order valence-corrected chi connectivity index (χ4v) is 2.23. The molecule has 20 heavy (non-hydrogen) atoms. The minimum absolute atomic E-state index is 0.288. The molecular formula is C16H16ClF2N. The predicted octanol–water partition coefficient (Wildman–Crippen LogP) is 4.78. The Labute approximate surface area is 122 Å². The van der Waals surface area contributed by atoms with Crippen LogP contribution >= 0.6 is 11.6 Å². The second-order valence-corrected chi connectivity index (χ2v) is 5.29. The van der Waals surface area contributed by atoms with Crippen LogP contribution in [0.4, 0.5) is 8.78 Å². The highest BCUT2D eigenvalue weighted by atomic mass is 35.5. The summed E-state index contributed by atoms with van der Waals surface area (Å²) in [5.74, 6) is -0.784. The largest absolute Gasteiger partial charge is 0.306 e. The molecule has 4 heteroatoms. The standard InChI is InChI=1S/C16H16ClF2N/c1-10-6-16(19)14(8-15(10)18)11(2)20-9-12-4-3-5-13(17)7-12/h3-8,11,20H,9H2,1-2H3. The van der Waals surface area contributed by atoms with E-state index in [0.29, 0.717) is 22.7 Å². The van der Waals surface area contributed by atoms with E-state index in [4.69, 9.17) is 11.6 Å². The number of benzene rings is 2. The summed E-state index contributed by atoms with van der Waals surface area (Å²) in [4.78, 5) is 0. The second-order valence-electron chi connectivity index (χ2n) is 4.86. The zero-order valence-electron chi connectivity index (χ0n) is 11.4. The first-order valence-corrected chi connectivity index (χ1v) is 6.78. The maximum absolute atomic E-state index is 13.8. The molecule has 1 nitrogen and oxygen atoms in total. The van der Waals surface area contributed by atoms with Gasteiger partial charge in [-0.3, -0.25) is 0 Å². The van der Waals surface area contributed by atoms with Crippen molar-refractivity contribution < 1.29 is 8.78 Å². The molecule has 0 aliphatic carbocycles. The molecule has 2 aromatic carbocycles. The third kappa shape index (κ3) is 3.56. The summed E-state index contributed by atoms with van der Waals surface area (Å²) in [6.45, 7) is 3.89. The quantitative estimate of drug-likeness (QED) is 0.856. The molecule has 0 saturated carbocycles. The van der Waals surface area contributed by atoms with Gasteiger partial charge in [-0.1, -0.05) is 23.7 Å². The van der Waals surface area contributed by atoms with E-state index >= 15 is 0 Å². The molecule has 1 N–H and O–H groups in total. The SMILES string of the molecule is Cc1cc(F)c(C(C)NCc2cccc(Cl)c2)cc1F. The Morgan fingerprint density at radius 1 is 1.15 bits per heavy atom. The smallest absolute Gasteiger partial charge is 0.128 e. The molecule has 0 fully saturated rings. The van der Waals surface area contributed by atoms with Crippen molar-refractivity contribution in [3.05, 3.63) is 69.7 Å². The Bertz CT molecular complexity index is 613. The second kappa shape index (κ2) is 6.33. The molecule has 0 radical (unpaired) electrons. The van der Waals surface area contributed by atoms with E-state index in [9.17, 15) is 8.78 Å². The van der Waals surface area contributed by atoms with Crippen molar-refractivity contribution >= 4 is 11.6 Å². The normalized spacial score (nSPS) is 12.4. The predicted molar refractivity (Wildman–Crippen MR) is 77.8 cm³/mol. The highest BCUT2D eigenvalue weighted by Gasteiger charge is 2.13. The van der Waals surface area contributed by atoms with Crippen molar-refractivity contribution in [3.63, 3.8) is 0 Å². The highest BCUT2D eigenvalue weighted by Crippen LogP contribution is 2.21. The summed E-state index contributed by atoms with van der Waals surface area (Å²) in [6, 6.07) is 9.61. The van der Waals surface area contributed by atoms with Crippen LogP contribution in [0.2, 0.25) is 5.02 Å². The van der Waals surface area contributed by atoms with Gasteiger partial charge < -0.3 is 5.32 Å². The first-order valence-electron chi connectivity index (χ1n) is 6.40. The highest BCUT2D eigenvalue weighted by molar-refractivity contribution is 6.30. The number of rotatable bonds is 4. The number of nitrogens with one attached hydrogen (secondary N) is 1. The molecule has 0 aliphatic rings. The molecule has 0 aromatic heterocycles. The van der Waals surface area contributed by atoms with Gasteiger partial charge in [-0.2, -0.15) is 0 Å². The summed E-state index contributed by atoms with van der Waals surface area (Å²) in [5.41, 5.74) is 1.64. The lowest BCUT2D eigenvalue weighted by atomic mass is 10.0. The van der Waals surface area contributed by atoms with Crippen molar-refractivity contribution in [2.45, 2.75) is 26.4 Å². The summed E-state index contributed by atoms with van der Waals surface area (Å²) in [6.07, 6.45) is 0. The molecule has 0 aliphatic heterocycles. The molecule has 0 spiro atoms. The summed E-state index contributed by atoms with van der Waals surface area (Å²) >= 11 is 5.90. The Hall–Kier alpha value is -1.45. The molecule has 0 saturated heterocycles. The van der Waals surface area contributed by atoms with Crippen molar-refractivity contribution in [1.29, 1.82) is 0 Å². The van der Waals surface area contributed by atoms with Crippen molar-refractivity contribution in [2.75, 3.05) is 0 Å². The Morgan fingerprint density at radius 3 is 2.60 bits per heavy atom. The van der Waals surface area contributed by atoms with Gasteiger partial charge in [-0.05, 0) is 49.2 Å². The summed E-state index contributed by atoms with van der Waals surface area (Å²) < 4.78 is 27.4. The van der Waals surface area contributed by atoms with E-state index < -0.39 is 11.6 Å². The van der Waals surface area contributed by atoms with Gasteiger partial charge in [0.1, 0.15) is 11.6 Å². The molecule has 106 valence electrons. The van der Waals surface area contributed by atoms with E-state index in [1.54, 1.807) is 19.9 Å². The van der Waals surface area contributed by atoms with Crippen LogP contribution in [0, 0.1) is 18.6 Å². The number of hydrogen-bond donors (Lipinski definition) is 1. The van der Waals surface area contributed by atoms with Crippen molar-refractivity contribution in [2.24, 2.45) is 0 Å². The van der Waals surface area contributed by atoms with Crippen LogP contribution in [0.1, 0.15) is 29.7 Å². The molecule has 0 bridgehead atoms. The Balaban J connectivity index is 2.09. The summed E-state index contributed by atoms with van der Waals surface area (Å²) in [7, 11) is 0. The molecular weight excluding hydrogens is 280 g/mol. The topological polar surface area (TPSA) is 12.0 Å². The maximum Gasteiger partial charge on any atom is 0.128 e. The Kier molecular flexibility index (Phi) is 4.73. The third-order valence-electron chi connectivity index (χ3n) is 3.25. The zero-order chi connectivity index (χ0) is 14.7. The van der Waals surface area contributed by atoms with Gasteiger partial charge in [0.2, 0.25) is 0 Å². The van der Waals surface area contributed by atoms with E-state index in [1.807, 2.05) is 18.2 Å². The fourth-order valence-electron chi connectivity index (χ4n) is 2.02. The third-order valence-corrected chi connectivity index (χ3v) is 3.48. The van der Waals surface area contributed by atoms with Crippen LogP contribution in [0.25, 0.3) is 0 Å². The number of hydrogen-bond acceptors (Lipinski definition) is 1.